The minimum Gasteiger partial charge on any atom is -0.368 e. The highest BCUT2D eigenvalue weighted by atomic mass is 32.2. The van der Waals surface area contributed by atoms with Gasteiger partial charge in [-0.25, -0.2) is 15.8 Å². The molecule has 6 heteroatoms. The lowest BCUT2D eigenvalue weighted by Crippen LogP contribution is -2.28. The smallest absolute Gasteiger partial charge is 0.148 e. The van der Waals surface area contributed by atoms with Crippen LogP contribution in [0.5, 0.6) is 0 Å². The van der Waals surface area contributed by atoms with Crippen LogP contribution in [0.25, 0.3) is 0 Å². The SMILES string of the molecule is Cc1nc(NN)c(C)c(NCC2(C)CCCS2)n1. The second-order valence-electron chi connectivity index (χ2n) is 4.99. The van der Waals surface area contributed by atoms with Crippen molar-refractivity contribution in [2.45, 2.75) is 38.4 Å². The lowest BCUT2D eigenvalue weighted by atomic mass is 10.1. The molecule has 1 saturated heterocycles. The number of thioether (sulfide) groups is 1. The van der Waals surface area contributed by atoms with E-state index in [0.29, 0.717) is 10.6 Å². The summed E-state index contributed by atoms with van der Waals surface area (Å²) in [6.07, 6.45) is 2.57. The maximum atomic E-state index is 5.46. The largest absolute Gasteiger partial charge is 0.368 e. The van der Waals surface area contributed by atoms with Gasteiger partial charge in [0.25, 0.3) is 0 Å². The summed E-state index contributed by atoms with van der Waals surface area (Å²) in [4.78, 5) is 8.70. The molecule has 1 aliphatic heterocycles. The molecule has 0 bridgehead atoms. The molecule has 0 amide bonds. The number of nitrogen functional groups attached to an aromatic ring is 1. The first kappa shape index (κ1) is 13.4. The van der Waals surface area contributed by atoms with Gasteiger partial charge >= 0.3 is 0 Å². The van der Waals surface area contributed by atoms with E-state index in [1.165, 1.54) is 18.6 Å². The fourth-order valence-electron chi connectivity index (χ4n) is 2.19. The average molecular weight is 267 g/mol. The van der Waals surface area contributed by atoms with Gasteiger partial charge in [-0.15, -0.1) is 0 Å². The molecule has 1 atom stereocenters. The second kappa shape index (κ2) is 5.32. The maximum absolute atomic E-state index is 5.46. The van der Waals surface area contributed by atoms with Crippen molar-refractivity contribution in [3.63, 3.8) is 0 Å². The summed E-state index contributed by atoms with van der Waals surface area (Å²) < 4.78 is 0.321. The molecule has 2 heterocycles. The van der Waals surface area contributed by atoms with E-state index in [0.717, 1.165) is 23.8 Å². The van der Waals surface area contributed by atoms with Gasteiger partial charge in [-0.2, -0.15) is 11.8 Å². The van der Waals surface area contributed by atoms with Crippen LogP contribution in [-0.4, -0.2) is 27.0 Å². The molecule has 1 fully saturated rings. The monoisotopic (exact) mass is 267 g/mol. The van der Waals surface area contributed by atoms with Crippen molar-refractivity contribution in [1.29, 1.82) is 0 Å². The number of hydrogen-bond acceptors (Lipinski definition) is 6. The first-order valence-corrected chi connectivity index (χ1v) is 7.22. The van der Waals surface area contributed by atoms with E-state index in [1.807, 2.05) is 25.6 Å². The summed E-state index contributed by atoms with van der Waals surface area (Å²) in [6.45, 7) is 7.08. The molecular formula is C12H21N5S. The van der Waals surface area contributed by atoms with Gasteiger partial charge in [-0.1, -0.05) is 0 Å². The lowest BCUT2D eigenvalue weighted by Gasteiger charge is -2.24. The third-order valence-corrected chi connectivity index (χ3v) is 4.86. The summed E-state index contributed by atoms with van der Waals surface area (Å²) in [6, 6.07) is 0. The number of nitrogens with two attached hydrogens (primary N) is 1. The molecule has 1 unspecified atom stereocenters. The van der Waals surface area contributed by atoms with Gasteiger partial charge in [0.2, 0.25) is 0 Å². The van der Waals surface area contributed by atoms with Crippen molar-refractivity contribution in [3.05, 3.63) is 11.4 Å². The van der Waals surface area contributed by atoms with Crippen LogP contribution in [0.1, 0.15) is 31.2 Å². The topological polar surface area (TPSA) is 75.9 Å². The van der Waals surface area contributed by atoms with Crippen LogP contribution < -0.4 is 16.6 Å². The van der Waals surface area contributed by atoms with Crippen molar-refractivity contribution in [1.82, 2.24) is 9.97 Å². The van der Waals surface area contributed by atoms with Crippen molar-refractivity contribution in [2.75, 3.05) is 23.0 Å². The molecule has 5 nitrogen and oxygen atoms in total. The van der Waals surface area contributed by atoms with E-state index in [4.69, 9.17) is 5.84 Å². The predicted molar refractivity (Wildman–Crippen MR) is 77.9 cm³/mol. The normalized spacial score (nSPS) is 23.1. The lowest BCUT2D eigenvalue weighted by molar-refractivity contribution is 0.633. The van der Waals surface area contributed by atoms with Gasteiger partial charge in [0, 0.05) is 16.9 Å². The maximum Gasteiger partial charge on any atom is 0.148 e. The zero-order valence-corrected chi connectivity index (χ0v) is 12.0. The van der Waals surface area contributed by atoms with Crippen LogP contribution >= 0.6 is 11.8 Å². The Labute approximate surface area is 112 Å². The molecule has 2 rings (SSSR count). The first-order valence-electron chi connectivity index (χ1n) is 6.24. The van der Waals surface area contributed by atoms with Gasteiger partial charge in [-0.05, 0) is 39.4 Å². The summed E-state index contributed by atoms with van der Waals surface area (Å²) in [5, 5.41) is 3.44. The van der Waals surface area contributed by atoms with Gasteiger partial charge in [0.05, 0.1) is 0 Å². The van der Waals surface area contributed by atoms with E-state index >= 15 is 0 Å². The summed E-state index contributed by atoms with van der Waals surface area (Å²) in [5.41, 5.74) is 3.58. The van der Waals surface area contributed by atoms with E-state index < -0.39 is 0 Å². The highest BCUT2D eigenvalue weighted by Crippen LogP contribution is 2.37. The molecule has 1 aromatic rings. The number of nitrogens with one attached hydrogen (secondary N) is 2. The fraction of sp³-hybridized carbons (Fsp3) is 0.667. The molecule has 4 N–H and O–H groups in total. The Morgan fingerprint density at radius 3 is 2.67 bits per heavy atom. The van der Waals surface area contributed by atoms with Gasteiger partial charge in [-0.3, -0.25) is 0 Å². The predicted octanol–water partition coefficient (Wildman–Crippen LogP) is 2.08. The summed E-state index contributed by atoms with van der Waals surface area (Å²) in [5.74, 6) is 9.01. The van der Waals surface area contributed by atoms with Gasteiger partial charge < -0.3 is 10.7 Å². The standard InChI is InChI=1S/C12H21N5S/c1-8-10(15-9(2)16-11(8)17-13)14-7-12(3)5-4-6-18-12/h4-7,13H2,1-3H3,(H2,14,15,16,17). The molecule has 0 radical (unpaired) electrons. The first-order chi connectivity index (χ1) is 8.54. The van der Waals surface area contributed by atoms with E-state index in [9.17, 15) is 0 Å². The number of hydrogen-bond donors (Lipinski definition) is 3. The minimum atomic E-state index is 0.321. The molecule has 0 aromatic carbocycles. The van der Waals surface area contributed by atoms with Gasteiger partial charge in [0.15, 0.2) is 0 Å². The number of aryl methyl sites for hydroxylation is 1. The zero-order valence-electron chi connectivity index (χ0n) is 11.2. The Morgan fingerprint density at radius 1 is 1.33 bits per heavy atom. The van der Waals surface area contributed by atoms with Crippen molar-refractivity contribution in [3.8, 4) is 0 Å². The van der Waals surface area contributed by atoms with Crippen LogP contribution in [0.3, 0.4) is 0 Å². The Kier molecular flexibility index (Phi) is 3.97. The Bertz CT molecular complexity index is 429. The highest BCUT2D eigenvalue weighted by molar-refractivity contribution is 8.00. The van der Waals surface area contributed by atoms with E-state index in [1.54, 1.807) is 0 Å². The molecule has 0 spiro atoms. The highest BCUT2D eigenvalue weighted by Gasteiger charge is 2.29. The molecule has 0 saturated carbocycles. The molecule has 18 heavy (non-hydrogen) atoms. The van der Waals surface area contributed by atoms with E-state index in [2.05, 4.69) is 27.6 Å². The number of anilines is 2. The minimum absolute atomic E-state index is 0.321. The van der Waals surface area contributed by atoms with Crippen molar-refractivity contribution >= 4 is 23.4 Å². The van der Waals surface area contributed by atoms with Crippen LogP contribution in [0.4, 0.5) is 11.6 Å². The van der Waals surface area contributed by atoms with Crippen LogP contribution in [-0.2, 0) is 0 Å². The number of hydrazine groups is 1. The molecule has 1 aliphatic rings. The second-order valence-corrected chi connectivity index (χ2v) is 6.68. The van der Waals surface area contributed by atoms with Crippen LogP contribution in [0, 0.1) is 13.8 Å². The molecular weight excluding hydrogens is 246 g/mol. The van der Waals surface area contributed by atoms with E-state index in [-0.39, 0.29) is 0 Å². The van der Waals surface area contributed by atoms with Crippen LogP contribution in [0.2, 0.25) is 0 Å². The van der Waals surface area contributed by atoms with Crippen molar-refractivity contribution < 1.29 is 0 Å². The Hall–Kier alpha value is -1.01. The fourth-order valence-corrected chi connectivity index (χ4v) is 3.43. The van der Waals surface area contributed by atoms with Crippen molar-refractivity contribution in [2.24, 2.45) is 5.84 Å². The average Bonchev–Trinajstić information content (AvgIpc) is 2.77. The summed E-state index contributed by atoms with van der Waals surface area (Å²) in [7, 11) is 0. The Morgan fingerprint density at radius 2 is 2.06 bits per heavy atom. The Balaban J connectivity index is 2.11. The number of nitrogens with zero attached hydrogens (tertiary/aromatic N) is 2. The molecule has 0 aliphatic carbocycles. The summed E-state index contributed by atoms with van der Waals surface area (Å²) >= 11 is 2.04. The number of rotatable bonds is 4. The third kappa shape index (κ3) is 2.87. The molecule has 100 valence electrons. The number of aromatic nitrogens is 2. The molecule has 1 aromatic heterocycles. The van der Waals surface area contributed by atoms with Gasteiger partial charge in [0.1, 0.15) is 17.5 Å². The third-order valence-electron chi connectivity index (χ3n) is 3.32. The van der Waals surface area contributed by atoms with Crippen LogP contribution in [0.15, 0.2) is 0 Å². The zero-order chi connectivity index (χ0) is 13.2. The quantitative estimate of drug-likeness (QED) is 0.573.